The van der Waals surface area contributed by atoms with Crippen molar-refractivity contribution in [1.29, 1.82) is 0 Å². The minimum Gasteiger partial charge on any atom is -0.486 e. The molecule has 1 fully saturated rings. The molecule has 0 bridgehead atoms. The van der Waals surface area contributed by atoms with Crippen molar-refractivity contribution in [1.82, 2.24) is 14.8 Å². The lowest BCUT2D eigenvalue weighted by molar-refractivity contribution is -0.384. The Balaban J connectivity index is 1.43. The second kappa shape index (κ2) is 11.5. The molecular formula is C24H26ClN5O4S. The molecule has 0 aliphatic heterocycles. The molecule has 4 rings (SSSR count). The molecule has 2 aromatic carbocycles. The number of halogens is 1. The Morgan fingerprint density at radius 3 is 2.63 bits per heavy atom. The van der Waals surface area contributed by atoms with Gasteiger partial charge in [0.2, 0.25) is 5.91 Å². The number of hydrogen-bond acceptors (Lipinski definition) is 7. The highest BCUT2D eigenvalue weighted by Gasteiger charge is 2.24. The van der Waals surface area contributed by atoms with Crippen molar-refractivity contribution in [3.63, 3.8) is 0 Å². The topological polar surface area (TPSA) is 112 Å². The number of thioether (sulfide) groups is 1. The summed E-state index contributed by atoms with van der Waals surface area (Å²) in [6.45, 7) is 2.19. The normalized spacial score (nSPS) is 14.0. The summed E-state index contributed by atoms with van der Waals surface area (Å²) in [6.07, 6.45) is 5.57. The fourth-order valence-corrected chi connectivity index (χ4v) is 5.00. The van der Waals surface area contributed by atoms with E-state index >= 15 is 0 Å². The molecule has 1 aliphatic carbocycles. The summed E-state index contributed by atoms with van der Waals surface area (Å²) >= 11 is 7.43. The van der Waals surface area contributed by atoms with Crippen LogP contribution in [0.4, 0.5) is 11.4 Å². The molecule has 0 spiro atoms. The first-order valence-corrected chi connectivity index (χ1v) is 12.8. The van der Waals surface area contributed by atoms with E-state index in [1.54, 1.807) is 0 Å². The van der Waals surface area contributed by atoms with E-state index in [9.17, 15) is 14.9 Å². The average molecular weight is 516 g/mol. The van der Waals surface area contributed by atoms with Crippen LogP contribution in [0.5, 0.6) is 5.75 Å². The van der Waals surface area contributed by atoms with Crippen molar-refractivity contribution in [2.75, 3.05) is 11.1 Å². The maximum atomic E-state index is 12.5. The standard InChI is InChI=1S/C24H26ClN5O4S/c1-16-13-20(11-12-21(16)25)34-14-22-27-28-24(29(22)18-5-3-2-4-6-18)35-15-23(31)26-17-7-9-19(10-8-17)30(32)33/h7-13,18H,2-6,14-15H2,1H3,(H,26,31). The van der Waals surface area contributed by atoms with E-state index in [1.165, 1.54) is 42.4 Å². The molecule has 9 nitrogen and oxygen atoms in total. The van der Waals surface area contributed by atoms with Crippen LogP contribution >= 0.6 is 23.4 Å². The van der Waals surface area contributed by atoms with Crippen LogP contribution < -0.4 is 10.1 Å². The molecular weight excluding hydrogens is 490 g/mol. The minimum atomic E-state index is -0.477. The van der Waals surface area contributed by atoms with Crippen LogP contribution in [0.1, 0.15) is 49.5 Å². The zero-order chi connectivity index (χ0) is 24.8. The van der Waals surface area contributed by atoms with Gasteiger partial charge in [0.25, 0.3) is 5.69 Å². The number of aromatic nitrogens is 3. The number of non-ortho nitro benzene ring substituents is 1. The zero-order valence-corrected chi connectivity index (χ0v) is 20.8. The largest absolute Gasteiger partial charge is 0.486 e. The van der Waals surface area contributed by atoms with Crippen molar-refractivity contribution >= 4 is 40.6 Å². The number of amides is 1. The van der Waals surface area contributed by atoms with Gasteiger partial charge in [-0.25, -0.2) is 0 Å². The molecule has 0 saturated heterocycles. The molecule has 184 valence electrons. The van der Waals surface area contributed by atoms with Crippen molar-refractivity contribution in [2.24, 2.45) is 0 Å². The van der Waals surface area contributed by atoms with Gasteiger partial charge >= 0.3 is 0 Å². The quantitative estimate of drug-likeness (QED) is 0.212. The molecule has 35 heavy (non-hydrogen) atoms. The molecule has 3 aromatic rings. The number of aryl methyl sites for hydroxylation is 1. The Labute approximate surface area is 212 Å². The number of benzene rings is 2. The Kier molecular flexibility index (Phi) is 8.25. The van der Waals surface area contributed by atoms with Gasteiger partial charge in [0.15, 0.2) is 11.0 Å². The van der Waals surface area contributed by atoms with Gasteiger partial charge in [-0.3, -0.25) is 19.5 Å². The van der Waals surface area contributed by atoms with E-state index in [2.05, 4.69) is 20.1 Å². The van der Waals surface area contributed by atoms with Crippen LogP contribution in [0.15, 0.2) is 47.6 Å². The first-order valence-electron chi connectivity index (χ1n) is 11.4. The number of hydrogen-bond donors (Lipinski definition) is 1. The highest BCUT2D eigenvalue weighted by atomic mass is 35.5. The third-order valence-corrected chi connectivity index (χ3v) is 7.23. The molecule has 1 saturated carbocycles. The maximum Gasteiger partial charge on any atom is 0.269 e. The summed E-state index contributed by atoms with van der Waals surface area (Å²) in [4.78, 5) is 22.8. The number of nitrogens with one attached hydrogen (secondary N) is 1. The highest BCUT2D eigenvalue weighted by Crippen LogP contribution is 2.33. The van der Waals surface area contributed by atoms with E-state index in [0.29, 0.717) is 21.6 Å². The van der Waals surface area contributed by atoms with E-state index in [4.69, 9.17) is 16.3 Å². The Hall–Kier alpha value is -3.11. The molecule has 1 aromatic heterocycles. The van der Waals surface area contributed by atoms with Gasteiger partial charge in [-0.05, 0) is 55.7 Å². The fraction of sp³-hybridized carbons (Fsp3) is 0.375. The first-order chi connectivity index (χ1) is 16.9. The van der Waals surface area contributed by atoms with Crippen molar-refractivity contribution in [3.8, 4) is 5.75 Å². The van der Waals surface area contributed by atoms with Crippen LogP contribution in [0.3, 0.4) is 0 Å². The van der Waals surface area contributed by atoms with Gasteiger partial charge in [-0.15, -0.1) is 10.2 Å². The molecule has 1 aliphatic rings. The third kappa shape index (κ3) is 6.52. The lowest BCUT2D eigenvalue weighted by Crippen LogP contribution is -2.19. The van der Waals surface area contributed by atoms with Crippen LogP contribution in [-0.2, 0) is 11.4 Å². The van der Waals surface area contributed by atoms with Gasteiger partial charge in [0.1, 0.15) is 12.4 Å². The third-order valence-electron chi connectivity index (χ3n) is 5.87. The summed E-state index contributed by atoms with van der Waals surface area (Å²) in [5.41, 5.74) is 1.41. The van der Waals surface area contributed by atoms with Crippen LogP contribution in [0.2, 0.25) is 5.02 Å². The van der Waals surface area contributed by atoms with E-state index in [-0.39, 0.29) is 30.0 Å². The smallest absolute Gasteiger partial charge is 0.269 e. The number of ether oxygens (including phenoxy) is 1. The first kappa shape index (κ1) is 25.0. The van der Waals surface area contributed by atoms with Gasteiger partial charge in [-0.1, -0.05) is 42.6 Å². The summed E-state index contributed by atoms with van der Waals surface area (Å²) in [5, 5.41) is 23.7. The highest BCUT2D eigenvalue weighted by molar-refractivity contribution is 7.99. The Bertz CT molecular complexity index is 1200. The van der Waals surface area contributed by atoms with Crippen molar-refractivity contribution < 1.29 is 14.5 Å². The van der Waals surface area contributed by atoms with Crippen molar-refractivity contribution in [3.05, 3.63) is 69.0 Å². The summed E-state index contributed by atoms with van der Waals surface area (Å²) in [7, 11) is 0. The molecule has 0 radical (unpaired) electrons. The number of carbonyl (C=O) groups excluding carboxylic acids is 1. The molecule has 1 heterocycles. The predicted molar refractivity (Wildman–Crippen MR) is 135 cm³/mol. The summed E-state index contributed by atoms with van der Waals surface area (Å²) < 4.78 is 8.10. The lowest BCUT2D eigenvalue weighted by atomic mass is 9.95. The van der Waals surface area contributed by atoms with Crippen LogP contribution in [0.25, 0.3) is 0 Å². The zero-order valence-electron chi connectivity index (χ0n) is 19.3. The monoisotopic (exact) mass is 515 g/mol. The average Bonchev–Trinajstić information content (AvgIpc) is 3.27. The molecule has 0 unspecified atom stereocenters. The predicted octanol–water partition coefficient (Wildman–Crippen LogP) is 5.96. The molecule has 0 atom stereocenters. The molecule has 1 N–H and O–H groups in total. The summed E-state index contributed by atoms with van der Waals surface area (Å²) in [6, 6.07) is 11.5. The number of nitrogens with zero attached hydrogens (tertiary/aromatic N) is 4. The Morgan fingerprint density at radius 1 is 1.20 bits per heavy atom. The fourth-order valence-electron chi connectivity index (χ4n) is 4.06. The van der Waals surface area contributed by atoms with Gasteiger partial charge in [0.05, 0.1) is 10.7 Å². The minimum absolute atomic E-state index is 0.0264. The summed E-state index contributed by atoms with van der Waals surface area (Å²) in [5.74, 6) is 1.35. The van der Waals surface area contributed by atoms with Gasteiger partial charge < -0.3 is 10.1 Å². The van der Waals surface area contributed by atoms with Crippen LogP contribution in [0, 0.1) is 17.0 Å². The van der Waals surface area contributed by atoms with E-state index < -0.39 is 4.92 Å². The Morgan fingerprint density at radius 2 is 1.94 bits per heavy atom. The van der Waals surface area contributed by atoms with Crippen LogP contribution in [-0.4, -0.2) is 31.3 Å². The number of anilines is 1. The number of nitro groups is 1. The number of rotatable bonds is 9. The van der Waals surface area contributed by atoms with Gasteiger partial charge in [-0.2, -0.15) is 0 Å². The molecule has 1 amide bonds. The number of carbonyl (C=O) groups is 1. The van der Waals surface area contributed by atoms with E-state index in [1.807, 2.05) is 25.1 Å². The molecule has 11 heteroatoms. The lowest BCUT2D eigenvalue weighted by Gasteiger charge is -2.25. The van der Waals surface area contributed by atoms with Crippen molar-refractivity contribution in [2.45, 2.75) is 56.8 Å². The number of nitro benzene ring substituents is 1. The van der Waals surface area contributed by atoms with E-state index in [0.717, 1.165) is 37.1 Å². The second-order valence-corrected chi connectivity index (χ2v) is 9.75. The maximum absolute atomic E-state index is 12.5. The SMILES string of the molecule is Cc1cc(OCc2nnc(SCC(=O)Nc3ccc([N+](=O)[O-])cc3)n2C2CCCCC2)ccc1Cl. The van der Waals surface area contributed by atoms with Gasteiger partial charge in [0, 0.05) is 28.9 Å². The second-order valence-electron chi connectivity index (χ2n) is 8.40.